The minimum absolute atomic E-state index is 0.0646. The van der Waals surface area contributed by atoms with Gasteiger partial charge in [-0.1, -0.05) is 12.1 Å². The lowest BCUT2D eigenvalue weighted by Crippen LogP contribution is -2.29. The smallest absolute Gasteiger partial charge is 0.314 e. The Balaban J connectivity index is 0.855. The molecule has 2 saturated carbocycles. The van der Waals surface area contributed by atoms with E-state index in [2.05, 4.69) is 18.2 Å². The lowest BCUT2D eigenvalue weighted by atomic mass is 9.87. The van der Waals surface area contributed by atoms with Crippen molar-refractivity contribution in [1.82, 2.24) is 0 Å². The predicted octanol–water partition coefficient (Wildman–Crippen LogP) is 5.22. The van der Waals surface area contributed by atoms with Crippen molar-refractivity contribution in [3.63, 3.8) is 0 Å². The minimum Gasteiger partial charge on any atom is -0.468 e. The Morgan fingerprint density at radius 1 is 0.683 bits per heavy atom. The molecule has 8 heteroatoms. The quantitative estimate of drug-likeness (QED) is 0.128. The summed E-state index contributed by atoms with van der Waals surface area (Å²) in [6.45, 7) is 3.30. The van der Waals surface area contributed by atoms with Gasteiger partial charge in [0.2, 0.25) is 0 Å². The molecular weight excluding hydrogens is 524 g/mol. The van der Waals surface area contributed by atoms with E-state index in [1.165, 1.54) is 22.3 Å². The summed E-state index contributed by atoms with van der Waals surface area (Å²) in [5.41, 5.74) is 4.78. The van der Waals surface area contributed by atoms with E-state index >= 15 is 0 Å². The van der Waals surface area contributed by atoms with Crippen LogP contribution in [0.15, 0.2) is 36.4 Å². The summed E-state index contributed by atoms with van der Waals surface area (Å²) in [6, 6.07) is 12.2. The van der Waals surface area contributed by atoms with E-state index in [-0.39, 0.29) is 37.0 Å². The number of benzene rings is 2. The minimum atomic E-state index is -0.131. The van der Waals surface area contributed by atoms with Gasteiger partial charge in [-0.3, -0.25) is 4.79 Å². The maximum absolute atomic E-state index is 12.9. The number of ether oxygens (including phenoxy) is 7. The maximum atomic E-state index is 12.9. The highest BCUT2D eigenvalue weighted by molar-refractivity contribution is 5.80. The molecule has 2 aromatic rings. The lowest BCUT2D eigenvalue weighted by molar-refractivity contribution is -0.141. The number of fused-ring (bicyclic) bond motifs is 3. The fourth-order valence-corrected chi connectivity index (χ4v) is 6.36. The maximum Gasteiger partial charge on any atom is 0.314 e. The molecule has 4 fully saturated rings. The van der Waals surface area contributed by atoms with Crippen LogP contribution >= 0.6 is 0 Å². The van der Waals surface area contributed by atoms with Crippen LogP contribution in [0, 0.1) is 5.92 Å². The highest BCUT2D eigenvalue weighted by Crippen LogP contribution is 2.40. The van der Waals surface area contributed by atoms with E-state index in [1.807, 2.05) is 18.2 Å². The van der Waals surface area contributed by atoms with Crippen LogP contribution in [0.4, 0.5) is 0 Å². The van der Waals surface area contributed by atoms with Gasteiger partial charge in [0.05, 0.1) is 50.7 Å². The molecule has 0 radical (unpaired) electrons. The van der Waals surface area contributed by atoms with Crippen molar-refractivity contribution >= 4 is 5.97 Å². The molecule has 0 aromatic heterocycles. The predicted molar refractivity (Wildman–Crippen MR) is 150 cm³/mol. The normalized spacial score (nSPS) is 29.9. The fourth-order valence-electron chi connectivity index (χ4n) is 6.36. The molecule has 2 unspecified atom stereocenters. The molecule has 0 N–H and O–H groups in total. The van der Waals surface area contributed by atoms with Crippen LogP contribution in [0.5, 0.6) is 11.5 Å². The standard InChI is InChI=1S/C33H40O8/c34-33(21-1-3-24(4-2-21)35-16-29-18-37-29)41-28-10-12-32-23(15-28)13-22-14-27(9-11-31(22)32)40-20-39-26-7-5-25(6-8-26)36-17-30-19-38-30/h9-12,14-15,21,24-26,29-30H,1-8,13,16-20H2. The third-order valence-corrected chi connectivity index (χ3v) is 9.04. The molecule has 2 saturated heterocycles. The molecule has 8 nitrogen and oxygen atoms in total. The number of esters is 1. The monoisotopic (exact) mass is 564 g/mol. The average Bonchev–Trinajstić information content (AvgIpc) is 3.93. The average molecular weight is 565 g/mol. The van der Waals surface area contributed by atoms with Crippen LogP contribution in [0.3, 0.4) is 0 Å². The molecule has 2 atom stereocenters. The van der Waals surface area contributed by atoms with Crippen molar-refractivity contribution < 1.29 is 38.0 Å². The van der Waals surface area contributed by atoms with Gasteiger partial charge >= 0.3 is 5.97 Å². The second-order valence-electron chi connectivity index (χ2n) is 12.1. The Kier molecular flexibility index (Phi) is 8.27. The highest BCUT2D eigenvalue weighted by Gasteiger charge is 2.31. The van der Waals surface area contributed by atoms with E-state index in [0.29, 0.717) is 24.6 Å². The van der Waals surface area contributed by atoms with Crippen LogP contribution in [0.25, 0.3) is 11.1 Å². The molecule has 7 rings (SSSR count). The van der Waals surface area contributed by atoms with Crippen LogP contribution in [-0.2, 0) is 34.9 Å². The summed E-state index contributed by atoms with van der Waals surface area (Å²) in [5, 5.41) is 0. The molecule has 2 aromatic carbocycles. The third kappa shape index (κ3) is 7.12. The van der Waals surface area contributed by atoms with Crippen molar-refractivity contribution in [2.24, 2.45) is 5.92 Å². The van der Waals surface area contributed by atoms with Gasteiger partial charge in [0.1, 0.15) is 23.7 Å². The van der Waals surface area contributed by atoms with E-state index in [1.54, 1.807) is 0 Å². The Morgan fingerprint density at radius 3 is 1.78 bits per heavy atom. The first-order valence-corrected chi connectivity index (χ1v) is 15.3. The van der Waals surface area contributed by atoms with Crippen LogP contribution in [0.2, 0.25) is 0 Å². The van der Waals surface area contributed by atoms with Crippen molar-refractivity contribution in [3.05, 3.63) is 47.5 Å². The van der Waals surface area contributed by atoms with Crippen molar-refractivity contribution in [1.29, 1.82) is 0 Å². The Hall–Kier alpha value is -2.49. The summed E-state index contributed by atoms with van der Waals surface area (Å²) >= 11 is 0. The number of hydrogen-bond donors (Lipinski definition) is 0. The molecule has 3 aliphatic carbocycles. The summed E-state index contributed by atoms with van der Waals surface area (Å²) < 4.78 is 40.1. The molecule has 2 heterocycles. The zero-order valence-corrected chi connectivity index (χ0v) is 23.6. The second kappa shape index (κ2) is 12.4. The molecule has 0 spiro atoms. The Bertz CT molecular complexity index is 1210. The van der Waals surface area contributed by atoms with Crippen LogP contribution in [0.1, 0.15) is 62.5 Å². The van der Waals surface area contributed by atoms with Crippen molar-refractivity contribution in [2.45, 2.75) is 88.3 Å². The zero-order valence-electron chi connectivity index (χ0n) is 23.6. The molecule has 2 aliphatic heterocycles. The fraction of sp³-hybridized carbons (Fsp3) is 0.606. The van der Waals surface area contributed by atoms with Gasteiger partial charge in [-0.25, -0.2) is 0 Å². The number of epoxide rings is 2. The molecule has 41 heavy (non-hydrogen) atoms. The number of carbonyl (C=O) groups is 1. The Morgan fingerprint density at radius 2 is 1.20 bits per heavy atom. The summed E-state index contributed by atoms with van der Waals surface area (Å²) in [6.07, 6.45) is 9.64. The van der Waals surface area contributed by atoms with Gasteiger partial charge < -0.3 is 33.2 Å². The molecular formula is C33H40O8. The number of rotatable bonds is 12. The van der Waals surface area contributed by atoms with E-state index in [4.69, 9.17) is 33.2 Å². The van der Waals surface area contributed by atoms with E-state index in [9.17, 15) is 4.79 Å². The summed E-state index contributed by atoms with van der Waals surface area (Å²) in [4.78, 5) is 12.9. The third-order valence-electron chi connectivity index (χ3n) is 9.04. The van der Waals surface area contributed by atoms with Gasteiger partial charge in [-0.2, -0.15) is 0 Å². The van der Waals surface area contributed by atoms with Gasteiger partial charge in [0.25, 0.3) is 0 Å². The Labute approximate surface area is 241 Å². The van der Waals surface area contributed by atoms with Gasteiger partial charge in [0.15, 0.2) is 6.79 Å². The van der Waals surface area contributed by atoms with Gasteiger partial charge in [-0.15, -0.1) is 0 Å². The zero-order chi connectivity index (χ0) is 27.6. The van der Waals surface area contributed by atoms with Gasteiger partial charge in [-0.05, 0) is 104 Å². The van der Waals surface area contributed by atoms with Gasteiger partial charge in [0, 0.05) is 0 Å². The molecule has 5 aliphatic rings. The summed E-state index contributed by atoms with van der Waals surface area (Å²) in [7, 11) is 0. The van der Waals surface area contributed by atoms with Crippen molar-refractivity contribution in [3.8, 4) is 22.6 Å². The van der Waals surface area contributed by atoms with Crippen LogP contribution < -0.4 is 9.47 Å². The number of hydrogen-bond acceptors (Lipinski definition) is 8. The molecule has 0 bridgehead atoms. The first kappa shape index (κ1) is 27.3. The number of carbonyl (C=O) groups excluding carboxylic acids is 1. The highest BCUT2D eigenvalue weighted by atomic mass is 16.7. The van der Waals surface area contributed by atoms with Crippen molar-refractivity contribution in [2.75, 3.05) is 33.2 Å². The van der Waals surface area contributed by atoms with E-state index < -0.39 is 0 Å². The molecule has 0 amide bonds. The van der Waals surface area contributed by atoms with E-state index in [0.717, 1.165) is 83.4 Å². The second-order valence-corrected chi connectivity index (χ2v) is 12.1. The summed E-state index contributed by atoms with van der Waals surface area (Å²) in [5.74, 6) is 1.24. The largest absolute Gasteiger partial charge is 0.468 e. The lowest BCUT2D eigenvalue weighted by Gasteiger charge is -2.28. The molecule has 220 valence electrons. The SMILES string of the molecule is O=C(Oc1ccc2c(c1)Cc1cc(OCOC3CCC(OCC4CO4)CC3)ccc1-2)C1CCC(OCC2CO2)CC1. The topological polar surface area (TPSA) is 88.3 Å². The first-order chi connectivity index (χ1) is 20.2. The van der Waals surface area contributed by atoms with Crippen LogP contribution in [-0.4, -0.2) is 69.7 Å². The first-order valence-electron chi connectivity index (χ1n) is 15.3.